The summed E-state index contributed by atoms with van der Waals surface area (Å²) < 4.78 is 5.72. The van der Waals surface area contributed by atoms with Gasteiger partial charge in [-0.3, -0.25) is 4.79 Å². The summed E-state index contributed by atoms with van der Waals surface area (Å²) in [5.41, 5.74) is 1.21. The van der Waals surface area contributed by atoms with Crippen LogP contribution in [0.1, 0.15) is 65.8 Å². The highest BCUT2D eigenvalue weighted by atomic mass is 16.5. The lowest BCUT2D eigenvalue weighted by Crippen LogP contribution is -2.35. The summed E-state index contributed by atoms with van der Waals surface area (Å²) in [6, 6.07) is 0. The third-order valence-corrected chi connectivity index (χ3v) is 6.43. The molecule has 0 unspecified atom stereocenters. The number of H-pyrrole nitrogens is 1. The number of rotatable bonds is 4. The van der Waals surface area contributed by atoms with Crippen molar-refractivity contribution >= 4 is 5.91 Å². The van der Waals surface area contributed by atoms with Gasteiger partial charge in [-0.05, 0) is 51.4 Å². The average molecular weight is 355 g/mol. The summed E-state index contributed by atoms with van der Waals surface area (Å²) >= 11 is 0. The van der Waals surface area contributed by atoms with Crippen molar-refractivity contribution < 1.29 is 9.32 Å². The number of nitrogens with zero attached hydrogens (tertiary/aromatic N) is 4. The molecule has 1 aliphatic heterocycles. The van der Waals surface area contributed by atoms with Crippen LogP contribution in [0.5, 0.6) is 0 Å². The quantitative estimate of drug-likeness (QED) is 0.910. The van der Waals surface area contributed by atoms with Gasteiger partial charge in [0.05, 0.1) is 5.41 Å². The Hall–Kier alpha value is -2.18. The average Bonchev–Trinajstić information content (AvgIpc) is 2.94. The smallest absolute Gasteiger partial charge is 0.274 e. The minimum absolute atomic E-state index is 0.0124. The lowest BCUT2D eigenvalue weighted by atomic mass is 9.80. The highest BCUT2D eigenvalue weighted by Crippen LogP contribution is 2.50. The Bertz CT molecular complexity index is 852. The molecular formula is C19H25N5O2. The molecule has 3 aliphatic rings. The van der Waals surface area contributed by atoms with Crippen molar-refractivity contribution in [2.75, 3.05) is 13.1 Å². The molecule has 7 heteroatoms. The van der Waals surface area contributed by atoms with Gasteiger partial charge in [0.25, 0.3) is 5.91 Å². The fourth-order valence-corrected chi connectivity index (χ4v) is 4.88. The van der Waals surface area contributed by atoms with E-state index in [4.69, 9.17) is 9.51 Å². The number of likely N-dealkylation sites (tertiary alicyclic amines) is 1. The molecular weight excluding hydrogens is 330 g/mol. The molecule has 26 heavy (non-hydrogen) atoms. The molecule has 7 nitrogen and oxygen atoms in total. The zero-order valence-corrected chi connectivity index (χ0v) is 15.4. The summed E-state index contributed by atoms with van der Waals surface area (Å²) in [5.74, 6) is 3.53. The van der Waals surface area contributed by atoms with Gasteiger partial charge in [0.2, 0.25) is 5.89 Å². The van der Waals surface area contributed by atoms with Crippen LogP contribution in [0.15, 0.2) is 4.52 Å². The highest BCUT2D eigenvalue weighted by Gasteiger charge is 2.55. The van der Waals surface area contributed by atoms with E-state index >= 15 is 0 Å². The maximum absolute atomic E-state index is 13.0. The normalized spacial score (nSPS) is 27.9. The van der Waals surface area contributed by atoms with E-state index in [1.54, 1.807) is 0 Å². The topological polar surface area (TPSA) is 87.9 Å². The molecule has 2 aromatic rings. The molecule has 1 amide bonds. The monoisotopic (exact) mass is 355 g/mol. The zero-order valence-electron chi connectivity index (χ0n) is 15.4. The molecule has 0 bridgehead atoms. The van der Waals surface area contributed by atoms with Gasteiger partial charge in [0, 0.05) is 25.2 Å². The molecule has 2 aliphatic carbocycles. The van der Waals surface area contributed by atoms with E-state index in [-0.39, 0.29) is 11.3 Å². The second kappa shape index (κ2) is 5.66. The number of fused-ring (bicyclic) bond motifs is 1. The Labute approximate surface area is 152 Å². The Balaban J connectivity index is 1.41. The SMILES string of the molecule is Cc1nc(C(=O)N2C[C@H]3CCC[C@@]3(c3nc(CC4CC4)no3)C2)c(C)[nH]1. The number of carbonyl (C=O) groups excluding carboxylic acids is 1. The van der Waals surface area contributed by atoms with Crippen LogP contribution in [-0.4, -0.2) is 44.0 Å². The Morgan fingerprint density at radius 2 is 2.15 bits per heavy atom. The Morgan fingerprint density at radius 3 is 2.88 bits per heavy atom. The lowest BCUT2D eigenvalue weighted by molar-refractivity contribution is 0.0769. The molecule has 2 saturated carbocycles. The van der Waals surface area contributed by atoms with Gasteiger partial charge in [-0.25, -0.2) is 4.98 Å². The van der Waals surface area contributed by atoms with Gasteiger partial charge in [0.1, 0.15) is 11.5 Å². The summed E-state index contributed by atoms with van der Waals surface area (Å²) in [6.45, 7) is 5.20. The van der Waals surface area contributed by atoms with Gasteiger partial charge >= 0.3 is 0 Å². The van der Waals surface area contributed by atoms with Crippen LogP contribution in [0.4, 0.5) is 0 Å². The zero-order chi connectivity index (χ0) is 17.9. The summed E-state index contributed by atoms with van der Waals surface area (Å²) in [6.07, 6.45) is 6.78. The Kier molecular flexibility index (Phi) is 3.49. The summed E-state index contributed by atoms with van der Waals surface area (Å²) in [5, 5.41) is 4.23. The van der Waals surface area contributed by atoms with Crippen LogP contribution in [-0.2, 0) is 11.8 Å². The van der Waals surface area contributed by atoms with E-state index in [1.165, 1.54) is 12.8 Å². The van der Waals surface area contributed by atoms with E-state index < -0.39 is 0 Å². The molecule has 3 fully saturated rings. The number of aryl methyl sites for hydroxylation is 2. The molecule has 1 N–H and O–H groups in total. The first-order valence-electron chi connectivity index (χ1n) is 9.71. The number of carbonyl (C=O) groups is 1. The van der Waals surface area contributed by atoms with Gasteiger partial charge in [-0.1, -0.05) is 11.6 Å². The summed E-state index contributed by atoms with van der Waals surface area (Å²) in [7, 11) is 0. The molecule has 2 aromatic heterocycles. The number of hydrogen-bond acceptors (Lipinski definition) is 5. The number of aromatic nitrogens is 4. The van der Waals surface area contributed by atoms with Crippen LogP contribution < -0.4 is 0 Å². The highest BCUT2D eigenvalue weighted by molar-refractivity contribution is 5.93. The molecule has 1 saturated heterocycles. The molecule has 0 aromatic carbocycles. The van der Waals surface area contributed by atoms with Gasteiger partial charge in [-0.15, -0.1) is 0 Å². The maximum atomic E-state index is 13.0. The number of amides is 1. The van der Waals surface area contributed by atoms with E-state index in [2.05, 4.69) is 15.1 Å². The first-order chi connectivity index (χ1) is 12.5. The standard InChI is InChI=1S/C19H25N5O2/c1-11-16(21-12(2)20-11)17(25)24-9-14-4-3-7-19(14,10-24)18-22-15(23-26-18)8-13-5-6-13/h13-14H,3-10H2,1-2H3,(H,20,21)/t14-,19-/m1/s1. The number of nitrogens with one attached hydrogen (secondary N) is 1. The predicted octanol–water partition coefficient (Wildman–Crippen LogP) is 2.56. The molecule has 0 radical (unpaired) electrons. The number of aromatic amines is 1. The van der Waals surface area contributed by atoms with Crippen LogP contribution >= 0.6 is 0 Å². The number of imidazole rings is 1. The molecule has 138 valence electrons. The minimum Gasteiger partial charge on any atom is -0.346 e. The van der Waals surface area contributed by atoms with Crippen molar-refractivity contribution in [2.24, 2.45) is 11.8 Å². The van der Waals surface area contributed by atoms with Crippen molar-refractivity contribution in [3.63, 3.8) is 0 Å². The molecule has 2 atom stereocenters. The van der Waals surface area contributed by atoms with Gasteiger partial charge in [0.15, 0.2) is 5.82 Å². The van der Waals surface area contributed by atoms with Crippen molar-refractivity contribution in [3.8, 4) is 0 Å². The lowest BCUT2D eigenvalue weighted by Gasteiger charge is -2.24. The van der Waals surface area contributed by atoms with Crippen molar-refractivity contribution in [2.45, 2.75) is 57.8 Å². The second-order valence-electron chi connectivity index (χ2n) is 8.39. The van der Waals surface area contributed by atoms with Crippen LogP contribution in [0, 0.1) is 25.7 Å². The van der Waals surface area contributed by atoms with E-state index in [9.17, 15) is 4.79 Å². The fraction of sp³-hybridized carbons (Fsp3) is 0.684. The minimum atomic E-state index is -0.163. The van der Waals surface area contributed by atoms with Crippen LogP contribution in [0.2, 0.25) is 0 Å². The van der Waals surface area contributed by atoms with Crippen molar-refractivity contribution in [1.29, 1.82) is 0 Å². The molecule has 5 rings (SSSR count). The fourth-order valence-electron chi connectivity index (χ4n) is 4.88. The van der Waals surface area contributed by atoms with Crippen LogP contribution in [0.25, 0.3) is 0 Å². The second-order valence-corrected chi connectivity index (χ2v) is 8.39. The van der Waals surface area contributed by atoms with E-state index in [0.29, 0.717) is 18.2 Å². The van der Waals surface area contributed by atoms with E-state index in [1.807, 2.05) is 18.7 Å². The molecule has 3 heterocycles. The first kappa shape index (κ1) is 16.0. The number of hydrogen-bond donors (Lipinski definition) is 1. The van der Waals surface area contributed by atoms with E-state index in [0.717, 1.165) is 61.4 Å². The third kappa shape index (κ3) is 2.47. The maximum Gasteiger partial charge on any atom is 0.274 e. The van der Waals surface area contributed by atoms with Crippen molar-refractivity contribution in [3.05, 3.63) is 28.9 Å². The largest absolute Gasteiger partial charge is 0.346 e. The van der Waals surface area contributed by atoms with Gasteiger partial charge in [-0.2, -0.15) is 4.98 Å². The molecule has 0 spiro atoms. The third-order valence-electron chi connectivity index (χ3n) is 6.43. The Morgan fingerprint density at radius 1 is 1.31 bits per heavy atom. The first-order valence-corrected chi connectivity index (χ1v) is 9.71. The van der Waals surface area contributed by atoms with Crippen LogP contribution in [0.3, 0.4) is 0 Å². The predicted molar refractivity (Wildman–Crippen MR) is 93.7 cm³/mol. The summed E-state index contributed by atoms with van der Waals surface area (Å²) in [4.78, 5) is 27.2. The van der Waals surface area contributed by atoms with Crippen molar-refractivity contribution in [1.82, 2.24) is 25.0 Å². The van der Waals surface area contributed by atoms with Gasteiger partial charge < -0.3 is 14.4 Å².